The molecule has 0 aliphatic carbocycles. The second kappa shape index (κ2) is 10.9. The van der Waals surface area contributed by atoms with Gasteiger partial charge in [-0.1, -0.05) is 47.0 Å². The molecule has 0 heterocycles. The summed E-state index contributed by atoms with van der Waals surface area (Å²) in [4.78, 5) is 25.0. The SMILES string of the molecule is CCOC(=O)c1ccc(NC(=O)CN(c2ccc(C)cc2C)S(=O)(=O)c2ccc(C)cc2)c(Cl)c1. The van der Waals surface area contributed by atoms with E-state index in [1.807, 2.05) is 19.9 Å². The molecule has 7 nitrogen and oxygen atoms in total. The van der Waals surface area contributed by atoms with Crippen LogP contribution < -0.4 is 9.62 Å². The second-order valence-corrected chi connectivity index (χ2v) is 10.3. The maximum absolute atomic E-state index is 13.6. The third-order valence-corrected chi connectivity index (χ3v) is 7.36. The molecule has 0 aromatic heterocycles. The number of ether oxygens (including phenoxy) is 1. The highest BCUT2D eigenvalue weighted by molar-refractivity contribution is 7.92. The number of aryl methyl sites for hydroxylation is 3. The molecule has 3 aromatic rings. The first kappa shape index (κ1) is 26.2. The van der Waals surface area contributed by atoms with Crippen molar-refractivity contribution >= 4 is 44.9 Å². The predicted molar refractivity (Wildman–Crippen MR) is 138 cm³/mol. The number of carbonyl (C=O) groups excluding carboxylic acids is 2. The minimum Gasteiger partial charge on any atom is -0.462 e. The molecule has 0 spiro atoms. The zero-order valence-electron chi connectivity index (χ0n) is 20.0. The lowest BCUT2D eigenvalue weighted by atomic mass is 10.1. The molecule has 0 bridgehead atoms. The van der Waals surface area contributed by atoms with Gasteiger partial charge in [0.05, 0.1) is 33.5 Å². The molecule has 0 atom stereocenters. The Hall–Kier alpha value is -3.36. The molecule has 0 aliphatic rings. The van der Waals surface area contributed by atoms with E-state index in [0.29, 0.717) is 11.3 Å². The summed E-state index contributed by atoms with van der Waals surface area (Å²) in [6.07, 6.45) is 0. The molecule has 0 aliphatic heterocycles. The summed E-state index contributed by atoms with van der Waals surface area (Å²) >= 11 is 6.26. The molecule has 0 unspecified atom stereocenters. The van der Waals surface area contributed by atoms with Gasteiger partial charge in [0, 0.05) is 0 Å². The molecule has 3 rings (SSSR count). The van der Waals surface area contributed by atoms with Gasteiger partial charge in [-0.15, -0.1) is 0 Å². The molecule has 0 saturated heterocycles. The van der Waals surface area contributed by atoms with Crippen molar-refractivity contribution in [2.24, 2.45) is 0 Å². The summed E-state index contributed by atoms with van der Waals surface area (Å²) in [6.45, 7) is 7.00. The predicted octanol–water partition coefficient (Wildman–Crippen LogP) is 5.28. The number of hydrogen-bond donors (Lipinski definition) is 1. The first-order chi connectivity index (χ1) is 16.5. The Morgan fingerprint density at radius 2 is 1.60 bits per heavy atom. The van der Waals surface area contributed by atoms with Crippen molar-refractivity contribution in [2.75, 3.05) is 22.8 Å². The number of amides is 1. The fourth-order valence-corrected chi connectivity index (χ4v) is 5.21. The van der Waals surface area contributed by atoms with Gasteiger partial charge in [-0.3, -0.25) is 9.10 Å². The standard InChI is InChI=1S/C26H27ClN2O5S/c1-5-34-26(31)20-9-12-23(22(27)15-20)28-25(30)16-29(24-13-8-18(3)14-19(24)4)35(32,33)21-10-6-17(2)7-11-21/h6-15H,5,16H2,1-4H3,(H,28,30). The van der Waals surface area contributed by atoms with Gasteiger partial charge in [0.1, 0.15) is 6.54 Å². The first-order valence-electron chi connectivity index (χ1n) is 11.0. The van der Waals surface area contributed by atoms with Gasteiger partial charge in [-0.05, 0) is 69.7 Å². The quantitative estimate of drug-likeness (QED) is 0.413. The molecule has 1 N–H and O–H groups in total. The number of benzene rings is 3. The van der Waals surface area contributed by atoms with Crippen molar-refractivity contribution in [3.63, 3.8) is 0 Å². The summed E-state index contributed by atoms with van der Waals surface area (Å²) in [5.41, 5.74) is 3.49. The number of esters is 1. The molecule has 0 fully saturated rings. The molecule has 9 heteroatoms. The summed E-state index contributed by atoms with van der Waals surface area (Å²) in [7, 11) is -4.05. The Morgan fingerprint density at radius 3 is 2.20 bits per heavy atom. The van der Waals surface area contributed by atoms with E-state index < -0.39 is 28.4 Å². The molecule has 184 valence electrons. The number of halogens is 1. The zero-order chi connectivity index (χ0) is 25.8. The normalized spacial score (nSPS) is 11.1. The lowest BCUT2D eigenvalue weighted by Gasteiger charge is -2.26. The van der Waals surface area contributed by atoms with E-state index in [1.54, 1.807) is 38.1 Å². The number of anilines is 2. The third kappa shape index (κ3) is 6.21. The number of rotatable bonds is 8. The molecule has 0 radical (unpaired) electrons. The van der Waals surface area contributed by atoms with Gasteiger partial charge in [0.2, 0.25) is 5.91 Å². The maximum Gasteiger partial charge on any atom is 0.338 e. The number of hydrogen-bond acceptors (Lipinski definition) is 5. The molecular weight excluding hydrogens is 488 g/mol. The first-order valence-corrected chi connectivity index (χ1v) is 12.8. The summed E-state index contributed by atoms with van der Waals surface area (Å²) < 4.78 is 33.2. The number of sulfonamides is 1. The topological polar surface area (TPSA) is 92.8 Å². The maximum atomic E-state index is 13.6. The molecule has 0 saturated carbocycles. The van der Waals surface area contributed by atoms with Crippen LogP contribution in [0.3, 0.4) is 0 Å². The van der Waals surface area contributed by atoms with Crippen molar-refractivity contribution in [2.45, 2.75) is 32.6 Å². The molecule has 35 heavy (non-hydrogen) atoms. The smallest absolute Gasteiger partial charge is 0.338 e. The van der Waals surface area contributed by atoms with E-state index in [0.717, 1.165) is 15.4 Å². The van der Waals surface area contributed by atoms with Crippen LogP contribution in [0.1, 0.15) is 34.0 Å². The third-order valence-electron chi connectivity index (χ3n) is 5.27. The van der Waals surface area contributed by atoms with E-state index >= 15 is 0 Å². The van der Waals surface area contributed by atoms with Crippen LogP contribution in [-0.4, -0.2) is 33.4 Å². The van der Waals surface area contributed by atoms with Crippen LogP contribution in [0.5, 0.6) is 0 Å². The average Bonchev–Trinajstić information content (AvgIpc) is 2.79. The zero-order valence-corrected chi connectivity index (χ0v) is 21.5. The van der Waals surface area contributed by atoms with Crippen molar-refractivity contribution in [1.82, 2.24) is 0 Å². The highest BCUT2D eigenvalue weighted by atomic mass is 35.5. The van der Waals surface area contributed by atoms with Crippen LogP contribution in [0.25, 0.3) is 0 Å². The lowest BCUT2D eigenvalue weighted by Crippen LogP contribution is -2.38. The van der Waals surface area contributed by atoms with E-state index in [1.165, 1.54) is 30.3 Å². The van der Waals surface area contributed by atoms with Crippen LogP contribution in [0.2, 0.25) is 5.02 Å². The van der Waals surface area contributed by atoms with Gasteiger partial charge in [-0.2, -0.15) is 0 Å². The Balaban J connectivity index is 1.93. The van der Waals surface area contributed by atoms with Crippen molar-refractivity contribution in [3.05, 3.63) is 87.9 Å². The van der Waals surface area contributed by atoms with Crippen LogP contribution in [0.4, 0.5) is 11.4 Å². The van der Waals surface area contributed by atoms with Gasteiger partial charge in [0.15, 0.2) is 0 Å². The van der Waals surface area contributed by atoms with Crippen LogP contribution >= 0.6 is 11.6 Å². The Labute approximate surface area is 210 Å². The Kier molecular flexibility index (Phi) is 8.19. The van der Waals surface area contributed by atoms with Crippen LogP contribution in [0, 0.1) is 20.8 Å². The largest absolute Gasteiger partial charge is 0.462 e. The summed E-state index contributed by atoms with van der Waals surface area (Å²) in [5, 5.41) is 2.77. The van der Waals surface area contributed by atoms with Crippen LogP contribution in [-0.2, 0) is 19.6 Å². The van der Waals surface area contributed by atoms with E-state index in [-0.39, 0.29) is 27.8 Å². The van der Waals surface area contributed by atoms with Crippen molar-refractivity contribution in [1.29, 1.82) is 0 Å². The van der Waals surface area contributed by atoms with Crippen LogP contribution in [0.15, 0.2) is 65.6 Å². The Morgan fingerprint density at radius 1 is 0.943 bits per heavy atom. The minimum absolute atomic E-state index is 0.0766. The minimum atomic E-state index is -4.05. The van der Waals surface area contributed by atoms with Gasteiger partial charge in [0.25, 0.3) is 10.0 Å². The van der Waals surface area contributed by atoms with Crippen molar-refractivity contribution < 1.29 is 22.7 Å². The van der Waals surface area contributed by atoms with Gasteiger partial charge < -0.3 is 10.1 Å². The van der Waals surface area contributed by atoms with E-state index in [2.05, 4.69) is 5.32 Å². The van der Waals surface area contributed by atoms with Crippen molar-refractivity contribution in [3.8, 4) is 0 Å². The lowest BCUT2D eigenvalue weighted by molar-refractivity contribution is -0.114. The fourth-order valence-electron chi connectivity index (χ4n) is 3.50. The van der Waals surface area contributed by atoms with E-state index in [4.69, 9.17) is 16.3 Å². The van der Waals surface area contributed by atoms with E-state index in [9.17, 15) is 18.0 Å². The summed E-state index contributed by atoms with van der Waals surface area (Å²) in [5.74, 6) is -1.12. The average molecular weight is 515 g/mol. The highest BCUT2D eigenvalue weighted by Crippen LogP contribution is 2.29. The number of carbonyl (C=O) groups is 2. The molecule has 1 amide bonds. The second-order valence-electron chi connectivity index (χ2n) is 8.08. The molecular formula is C26H27ClN2O5S. The van der Waals surface area contributed by atoms with Gasteiger partial charge >= 0.3 is 5.97 Å². The fraction of sp³-hybridized carbons (Fsp3) is 0.231. The highest BCUT2D eigenvalue weighted by Gasteiger charge is 2.28. The van der Waals surface area contributed by atoms with Gasteiger partial charge in [-0.25, -0.2) is 13.2 Å². The Bertz CT molecular complexity index is 1350. The monoisotopic (exact) mass is 514 g/mol. The number of nitrogens with one attached hydrogen (secondary N) is 1. The summed E-state index contributed by atoms with van der Waals surface area (Å²) in [6, 6.07) is 16.1. The number of nitrogens with zero attached hydrogens (tertiary/aromatic N) is 1. The molecule has 3 aromatic carbocycles.